The fraction of sp³-hybridized carbons (Fsp3) is 0.308. The summed E-state index contributed by atoms with van der Waals surface area (Å²) < 4.78 is 5.54. The molecule has 0 amide bonds. The maximum absolute atomic E-state index is 5.54. The van der Waals surface area contributed by atoms with Crippen molar-refractivity contribution in [2.24, 2.45) is 4.99 Å². The maximum Gasteiger partial charge on any atom is 0.223 e. The van der Waals surface area contributed by atoms with E-state index < -0.39 is 0 Å². The molecule has 0 aliphatic rings. The van der Waals surface area contributed by atoms with E-state index in [9.17, 15) is 0 Å². The predicted octanol–water partition coefficient (Wildman–Crippen LogP) is 6.23. The van der Waals surface area contributed by atoms with E-state index in [1.807, 2.05) is 18.2 Å². The van der Waals surface area contributed by atoms with Gasteiger partial charge in [-0.2, -0.15) is 0 Å². The van der Waals surface area contributed by atoms with Crippen molar-refractivity contribution >= 4 is 40.8 Å². The van der Waals surface area contributed by atoms with Gasteiger partial charge in [-0.15, -0.1) is 11.8 Å². The summed E-state index contributed by atoms with van der Waals surface area (Å²) in [7, 11) is 1.64. The number of nitrogens with one attached hydrogen (secondary N) is 2. The van der Waals surface area contributed by atoms with E-state index in [2.05, 4.69) is 70.0 Å². The molecule has 0 aliphatic carbocycles. The molecular weight excluding hydrogens is 416 g/mol. The van der Waals surface area contributed by atoms with Gasteiger partial charge in [0.15, 0.2) is 0 Å². The highest BCUT2D eigenvalue weighted by Gasteiger charge is 2.12. The molecule has 3 aromatic rings. The minimum absolute atomic E-state index is 0.586. The number of pyridine rings is 1. The molecule has 2 aromatic carbocycles. The van der Waals surface area contributed by atoms with Gasteiger partial charge < -0.3 is 15.4 Å². The lowest BCUT2D eigenvalue weighted by molar-refractivity contribution is 0.398. The van der Waals surface area contributed by atoms with Gasteiger partial charge in [-0.05, 0) is 50.1 Å². The van der Waals surface area contributed by atoms with Gasteiger partial charge in [0.05, 0.1) is 30.1 Å². The Bertz CT molecular complexity index is 1050. The first-order chi connectivity index (χ1) is 15.8. The fourth-order valence-corrected chi connectivity index (χ4v) is 4.16. The van der Waals surface area contributed by atoms with Crippen LogP contribution in [0.5, 0.6) is 5.88 Å². The molecular formula is C26H32N4OS. The number of ether oxygens (including phenoxy) is 1. The van der Waals surface area contributed by atoms with Crippen LogP contribution in [0.25, 0.3) is 16.6 Å². The van der Waals surface area contributed by atoms with Crippen LogP contribution in [0, 0.1) is 0 Å². The summed E-state index contributed by atoms with van der Waals surface area (Å²) in [6, 6.07) is 18.6. The third-order valence-electron chi connectivity index (χ3n) is 5.23. The van der Waals surface area contributed by atoms with E-state index in [1.165, 1.54) is 23.4 Å². The van der Waals surface area contributed by atoms with Crippen molar-refractivity contribution in [3.05, 3.63) is 66.4 Å². The smallest absolute Gasteiger partial charge is 0.223 e. The van der Waals surface area contributed by atoms with E-state index in [0.717, 1.165) is 48.1 Å². The molecule has 0 atom stereocenters. The van der Waals surface area contributed by atoms with Crippen LogP contribution in [-0.2, 0) is 0 Å². The van der Waals surface area contributed by atoms with Crippen molar-refractivity contribution in [2.75, 3.05) is 31.8 Å². The molecule has 168 valence electrons. The molecule has 0 aliphatic heterocycles. The number of aliphatic imine (C=N–C) groups is 1. The number of thioether (sulfide) groups is 1. The minimum atomic E-state index is 0.586. The molecule has 1 aromatic heterocycles. The summed E-state index contributed by atoms with van der Waals surface area (Å²) in [4.78, 5) is 9.92. The van der Waals surface area contributed by atoms with E-state index in [1.54, 1.807) is 25.1 Å². The number of hydrogen-bond acceptors (Lipinski definition) is 6. The molecule has 6 heteroatoms. The van der Waals surface area contributed by atoms with Gasteiger partial charge in [0, 0.05) is 29.1 Å². The topological polar surface area (TPSA) is 58.5 Å². The summed E-state index contributed by atoms with van der Waals surface area (Å²) in [6.07, 6.45) is 8.45. The highest BCUT2D eigenvalue weighted by Crippen LogP contribution is 2.27. The summed E-state index contributed by atoms with van der Waals surface area (Å²) in [5.74, 6) is 0.586. The van der Waals surface area contributed by atoms with Gasteiger partial charge in [0.1, 0.15) is 0 Å². The highest BCUT2D eigenvalue weighted by molar-refractivity contribution is 7.98. The lowest BCUT2D eigenvalue weighted by Gasteiger charge is -2.14. The van der Waals surface area contributed by atoms with Crippen molar-refractivity contribution in [1.29, 1.82) is 0 Å². The molecule has 3 rings (SSSR count). The predicted molar refractivity (Wildman–Crippen MR) is 139 cm³/mol. The van der Waals surface area contributed by atoms with Crippen molar-refractivity contribution in [3.63, 3.8) is 0 Å². The first-order valence-electron chi connectivity index (χ1n) is 11.0. The molecule has 5 nitrogen and oxygen atoms in total. The number of hydrogen-bond donors (Lipinski definition) is 2. The number of nitrogens with zero attached hydrogens (tertiary/aromatic N) is 2. The van der Waals surface area contributed by atoms with Crippen LogP contribution in [0.4, 0.5) is 5.69 Å². The number of anilines is 1. The van der Waals surface area contributed by atoms with Crippen LogP contribution >= 0.6 is 11.8 Å². The normalized spacial score (nSPS) is 11.4. The average molecular weight is 449 g/mol. The second-order valence-corrected chi connectivity index (χ2v) is 8.28. The van der Waals surface area contributed by atoms with Gasteiger partial charge in [-0.3, -0.25) is 4.99 Å². The van der Waals surface area contributed by atoms with E-state index in [0.29, 0.717) is 5.88 Å². The summed E-state index contributed by atoms with van der Waals surface area (Å²) >= 11 is 1.78. The molecule has 0 spiro atoms. The number of rotatable bonds is 13. The summed E-state index contributed by atoms with van der Waals surface area (Å²) in [6.45, 7) is 5.48. The number of aromatic nitrogens is 1. The molecule has 0 radical (unpaired) electrons. The van der Waals surface area contributed by atoms with Crippen LogP contribution in [-0.4, -0.2) is 38.2 Å². The minimum Gasteiger partial charge on any atom is -0.480 e. The summed E-state index contributed by atoms with van der Waals surface area (Å²) in [5, 5.41) is 8.12. The Balaban J connectivity index is 1.46. The standard InChI is InChI=1S/C26H32N4OS/c1-27-19-24(21-18-20-12-6-7-13-22(20)30-26(21)31-2)29-17-11-5-4-10-16-28-23-14-8-9-15-25(23)32-3/h6-9,12-15,18-19,28-29H,1,4-5,10-11,16-17H2,2-3H3/b24-19-. The molecule has 32 heavy (non-hydrogen) atoms. The second kappa shape index (κ2) is 12.8. The number of unbranched alkanes of at least 4 members (excludes halogenated alkanes) is 3. The van der Waals surface area contributed by atoms with Gasteiger partial charge in [-0.25, -0.2) is 4.98 Å². The van der Waals surface area contributed by atoms with Crippen molar-refractivity contribution < 1.29 is 4.74 Å². The Hall–Kier alpha value is -2.99. The molecule has 0 unspecified atom stereocenters. The molecule has 2 N–H and O–H groups in total. The number of para-hydroxylation sites is 2. The van der Waals surface area contributed by atoms with Gasteiger partial charge in [0.2, 0.25) is 5.88 Å². The van der Waals surface area contributed by atoms with E-state index in [4.69, 9.17) is 4.74 Å². The van der Waals surface area contributed by atoms with Gasteiger partial charge >= 0.3 is 0 Å². The third kappa shape index (κ3) is 6.50. The second-order valence-electron chi connectivity index (χ2n) is 7.43. The first kappa shape index (κ1) is 23.7. The Morgan fingerprint density at radius 1 is 1.06 bits per heavy atom. The van der Waals surface area contributed by atoms with Gasteiger partial charge in [-0.1, -0.05) is 43.2 Å². The molecule has 0 saturated heterocycles. The molecule has 0 bridgehead atoms. The number of benzene rings is 2. The maximum atomic E-state index is 5.54. The van der Waals surface area contributed by atoms with E-state index in [-0.39, 0.29) is 0 Å². The Morgan fingerprint density at radius 2 is 1.81 bits per heavy atom. The molecule has 0 saturated carbocycles. The Morgan fingerprint density at radius 3 is 2.59 bits per heavy atom. The fourth-order valence-electron chi connectivity index (χ4n) is 3.59. The monoisotopic (exact) mass is 448 g/mol. The van der Waals surface area contributed by atoms with Crippen molar-refractivity contribution in [3.8, 4) is 5.88 Å². The summed E-state index contributed by atoms with van der Waals surface area (Å²) in [5.41, 5.74) is 3.92. The number of methoxy groups -OCH3 is 1. The lowest BCUT2D eigenvalue weighted by atomic mass is 10.1. The van der Waals surface area contributed by atoms with Crippen LogP contribution in [0.1, 0.15) is 31.2 Å². The largest absolute Gasteiger partial charge is 0.480 e. The zero-order chi connectivity index (χ0) is 22.6. The third-order valence-corrected chi connectivity index (χ3v) is 6.03. The average Bonchev–Trinajstić information content (AvgIpc) is 2.84. The first-order valence-corrected chi connectivity index (χ1v) is 12.2. The van der Waals surface area contributed by atoms with Crippen molar-refractivity contribution in [2.45, 2.75) is 30.6 Å². The SMILES string of the molecule is C=N/C=C(\NCCCCCCNc1ccccc1SC)c1cc2ccccc2nc1OC. The Kier molecular flexibility index (Phi) is 9.44. The zero-order valence-corrected chi connectivity index (χ0v) is 19.8. The molecule has 1 heterocycles. The van der Waals surface area contributed by atoms with Gasteiger partial charge in [0.25, 0.3) is 0 Å². The van der Waals surface area contributed by atoms with Crippen LogP contribution in [0.15, 0.2) is 70.7 Å². The molecule has 0 fully saturated rings. The van der Waals surface area contributed by atoms with Crippen LogP contribution in [0.2, 0.25) is 0 Å². The highest BCUT2D eigenvalue weighted by atomic mass is 32.2. The zero-order valence-electron chi connectivity index (χ0n) is 18.9. The lowest BCUT2D eigenvalue weighted by Crippen LogP contribution is -2.15. The van der Waals surface area contributed by atoms with Crippen LogP contribution in [0.3, 0.4) is 0 Å². The quantitative estimate of drug-likeness (QED) is 0.184. The van der Waals surface area contributed by atoms with Crippen LogP contribution < -0.4 is 15.4 Å². The van der Waals surface area contributed by atoms with E-state index >= 15 is 0 Å². The number of fused-ring (bicyclic) bond motifs is 1. The Labute approximate surface area is 195 Å². The van der Waals surface area contributed by atoms with Crippen molar-refractivity contribution in [1.82, 2.24) is 10.3 Å².